The number of aliphatic hydroxyl groups is 1. The summed E-state index contributed by atoms with van der Waals surface area (Å²) in [5, 5.41) is 9.63. The molecule has 0 spiro atoms. The van der Waals surface area contributed by atoms with Crippen molar-refractivity contribution in [3.63, 3.8) is 0 Å². The summed E-state index contributed by atoms with van der Waals surface area (Å²) >= 11 is 0. The van der Waals surface area contributed by atoms with Crippen molar-refractivity contribution in [1.82, 2.24) is 4.90 Å². The standard InChI is InChI=1S/C8H17NO/c1-3-9-6-4-5-8(2,10)7-9/h10H,3-7H2,1-2H3/t8-/m1/s1. The highest BCUT2D eigenvalue weighted by Crippen LogP contribution is 2.19. The van der Waals surface area contributed by atoms with Gasteiger partial charge in [-0.25, -0.2) is 0 Å². The zero-order valence-electron chi connectivity index (χ0n) is 6.93. The maximum Gasteiger partial charge on any atom is 0.0746 e. The summed E-state index contributed by atoms with van der Waals surface area (Å²) in [5.74, 6) is 0. The van der Waals surface area contributed by atoms with Gasteiger partial charge in [0, 0.05) is 6.54 Å². The van der Waals surface area contributed by atoms with E-state index in [1.165, 1.54) is 0 Å². The van der Waals surface area contributed by atoms with Gasteiger partial charge in [-0.2, -0.15) is 0 Å². The van der Waals surface area contributed by atoms with Gasteiger partial charge in [0.15, 0.2) is 0 Å². The molecule has 0 aromatic carbocycles. The van der Waals surface area contributed by atoms with Crippen LogP contribution < -0.4 is 0 Å². The minimum Gasteiger partial charge on any atom is -0.389 e. The van der Waals surface area contributed by atoms with Crippen LogP contribution in [0.5, 0.6) is 0 Å². The maximum atomic E-state index is 9.63. The highest BCUT2D eigenvalue weighted by molar-refractivity contribution is 4.81. The molecule has 1 heterocycles. The van der Waals surface area contributed by atoms with E-state index in [0.717, 1.165) is 32.5 Å². The van der Waals surface area contributed by atoms with Crippen LogP contribution in [0, 0.1) is 0 Å². The van der Waals surface area contributed by atoms with Gasteiger partial charge < -0.3 is 10.0 Å². The van der Waals surface area contributed by atoms with Crippen molar-refractivity contribution in [2.24, 2.45) is 0 Å². The van der Waals surface area contributed by atoms with E-state index in [1.54, 1.807) is 0 Å². The van der Waals surface area contributed by atoms with E-state index in [1.807, 2.05) is 6.92 Å². The number of likely N-dealkylation sites (tertiary alicyclic amines) is 1. The first-order chi connectivity index (χ1) is 4.64. The number of β-amino-alcohol motifs (C(OH)–C–C–N with tert-alkyl or cyclic N) is 1. The van der Waals surface area contributed by atoms with Crippen LogP contribution >= 0.6 is 0 Å². The van der Waals surface area contributed by atoms with E-state index in [0.29, 0.717) is 0 Å². The summed E-state index contributed by atoms with van der Waals surface area (Å²) < 4.78 is 0. The van der Waals surface area contributed by atoms with Crippen LogP contribution in [0.3, 0.4) is 0 Å². The van der Waals surface area contributed by atoms with Crippen molar-refractivity contribution in [2.45, 2.75) is 32.3 Å². The van der Waals surface area contributed by atoms with Crippen LogP contribution in [0.25, 0.3) is 0 Å². The third kappa shape index (κ3) is 1.96. The van der Waals surface area contributed by atoms with Crippen molar-refractivity contribution in [3.8, 4) is 0 Å². The van der Waals surface area contributed by atoms with Gasteiger partial charge in [-0.3, -0.25) is 0 Å². The van der Waals surface area contributed by atoms with Gasteiger partial charge in [0.1, 0.15) is 0 Å². The molecule has 2 heteroatoms. The van der Waals surface area contributed by atoms with Crippen LogP contribution in [0.1, 0.15) is 26.7 Å². The summed E-state index contributed by atoms with van der Waals surface area (Å²) in [7, 11) is 0. The van der Waals surface area contributed by atoms with Gasteiger partial charge in [-0.05, 0) is 32.9 Å². The van der Waals surface area contributed by atoms with Gasteiger partial charge in [0.25, 0.3) is 0 Å². The first-order valence-corrected chi connectivity index (χ1v) is 4.09. The Kier molecular flexibility index (Phi) is 2.32. The molecule has 0 bridgehead atoms. The Balaban J connectivity index is 2.40. The molecule has 0 unspecified atom stereocenters. The largest absolute Gasteiger partial charge is 0.389 e. The van der Waals surface area contributed by atoms with Crippen molar-refractivity contribution in [1.29, 1.82) is 0 Å². The topological polar surface area (TPSA) is 23.5 Å². The fourth-order valence-corrected chi connectivity index (χ4v) is 1.59. The molecule has 0 aromatic rings. The predicted octanol–water partition coefficient (Wildman–Crippen LogP) is 0.853. The molecule has 1 aliphatic heterocycles. The normalized spacial score (nSPS) is 36.3. The molecule has 10 heavy (non-hydrogen) atoms. The SMILES string of the molecule is CCN1CCC[C@@](C)(O)C1. The van der Waals surface area contributed by atoms with E-state index in [-0.39, 0.29) is 0 Å². The van der Waals surface area contributed by atoms with Gasteiger partial charge in [0.05, 0.1) is 5.60 Å². The zero-order chi connectivity index (χ0) is 7.61. The van der Waals surface area contributed by atoms with Gasteiger partial charge in [0.2, 0.25) is 0 Å². The van der Waals surface area contributed by atoms with Crippen LogP contribution in [-0.4, -0.2) is 35.2 Å². The van der Waals surface area contributed by atoms with Crippen LogP contribution in [0.4, 0.5) is 0 Å². The quantitative estimate of drug-likeness (QED) is 0.588. The zero-order valence-corrected chi connectivity index (χ0v) is 6.93. The summed E-state index contributed by atoms with van der Waals surface area (Å²) in [4.78, 5) is 2.30. The van der Waals surface area contributed by atoms with Crippen LogP contribution in [0.2, 0.25) is 0 Å². The third-order valence-electron chi connectivity index (χ3n) is 2.20. The highest BCUT2D eigenvalue weighted by atomic mass is 16.3. The Morgan fingerprint density at radius 1 is 1.60 bits per heavy atom. The molecule has 0 aliphatic carbocycles. The van der Waals surface area contributed by atoms with E-state index in [2.05, 4.69) is 11.8 Å². The van der Waals surface area contributed by atoms with Crippen molar-refractivity contribution in [2.75, 3.05) is 19.6 Å². The second kappa shape index (κ2) is 2.89. The lowest BCUT2D eigenvalue weighted by Gasteiger charge is -2.36. The van der Waals surface area contributed by atoms with Gasteiger partial charge in [-0.15, -0.1) is 0 Å². The number of hydrogen-bond donors (Lipinski definition) is 1. The maximum absolute atomic E-state index is 9.63. The van der Waals surface area contributed by atoms with Crippen LogP contribution in [0.15, 0.2) is 0 Å². The number of likely N-dealkylation sites (N-methyl/N-ethyl adjacent to an activating group) is 1. The van der Waals surface area contributed by atoms with Gasteiger partial charge in [-0.1, -0.05) is 6.92 Å². The molecular formula is C8H17NO. The molecule has 1 fully saturated rings. The number of hydrogen-bond acceptors (Lipinski definition) is 2. The van der Waals surface area contributed by atoms with E-state index < -0.39 is 5.60 Å². The Morgan fingerprint density at radius 3 is 2.70 bits per heavy atom. The van der Waals surface area contributed by atoms with Crippen molar-refractivity contribution < 1.29 is 5.11 Å². The summed E-state index contributed by atoms with van der Waals surface area (Å²) in [6.07, 6.45) is 2.10. The molecule has 0 aromatic heterocycles. The van der Waals surface area contributed by atoms with E-state index >= 15 is 0 Å². The molecule has 1 N–H and O–H groups in total. The lowest BCUT2D eigenvalue weighted by atomic mass is 9.95. The number of nitrogens with zero attached hydrogens (tertiary/aromatic N) is 1. The first-order valence-electron chi connectivity index (χ1n) is 4.09. The molecule has 0 radical (unpaired) electrons. The van der Waals surface area contributed by atoms with E-state index in [4.69, 9.17) is 0 Å². The van der Waals surface area contributed by atoms with E-state index in [9.17, 15) is 5.11 Å². The number of rotatable bonds is 1. The summed E-state index contributed by atoms with van der Waals surface area (Å²) in [6.45, 7) is 7.14. The monoisotopic (exact) mass is 143 g/mol. The second-order valence-corrected chi connectivity index (χ2v) is 3.47. The lowest BCUT2D eigenvalue weighted by molar-refractivity contribution is -0.0137. The summed E-state index contributed by atoms with van der Waals surface area (Å²) in [6, 6.07) is 0. The molecule has 2 nitrogen and oxygen atoms in total. The molecule has 1 atom stereocenters. The molecule has 1 aliphatic rings. The fraction of sp³-hybridized carbons (Fsp3) is 1.00. The highest BCUT2D eigenvalue weighted by Gasteiger charge is 2.26. The van der Waals surface area contributed by atoms with Crippen molar-refractivity contribution in [3.05, 3.63) is 0 Å². The van der Waals surface area contributed by atoms with Crippen LogP contribution in [-0.2, 0) is 0 Å². The molecule has 1 rings (SSSR count). The molecule has 0 saturated carbocycles. The predicted molar refractivity (Wildman–Crippen MR) is 42.0 cm³/mol. The summed E-state index contributed by atoms with van der Waals surface area (Å²) in [5.41, 5.74) is -0.422. The minimum absolute atomic E-state index is 0.422. The second-order valence-electron chi connectivity index (χ2n) is 3.47. The van der Waals surface area contributed by atoms with Crippen molar-refractivity contribution >= 4 is 0 Å². The lowest BCUT2D eigenvalue weighted by Crippen LogP contribution is -2.45. The number of piperidine rings is 1. The first kappa shape index (κ1) is 8.02. The third-order valence-corrected chi connectivity index (χ3v) is 2.20. The Labute approximate surface area is 62.8 Å². The average Bonchev–Trinajstić information content (AvgIpc) is 1.86. The fourth-order valence-electron chi connectivity index (χ4n) is 1.59. The Bertz CT molecular complexity index is 112. The molecule has 1 saturated heterocycles. The Hall–Kier alpha value is -0.0800. The minimum atomic E-state index is -0.422. The smallest absolute Gasteiger partial charge is 0.0746 e. The molecular weight excluding hydrogens is 126 g/mol. The average molecular weight is 143 g/mol. The van der Waals surface area contributed by atoms with Gasteiger partial charge >= 0.3 is 0 Å². The molecule has 0 amide bonds. The Morgan fingerprint density at radius 2 is 2.30 bits per heavy atom. The molecule has 60 valence electrons.